The molecule has 0 fully saturated rings. The first-order chi connectivity index (χ1) is 13.3. The number of amides is 2. The Morgan fingerprint density at radius 3 is 2.57 bits per heavy atom. The Labute approximate surface area is 163 Å². The molecular weight excluding hydrogens is 358 g/mol. The fraction of sp³-hybridized carbons (Fsp3) is 0.333. The molecule has 1 aliphatic rings. The number of carbonyl (C=O) groups is 2. The Morgan fingerprint density at radius 1 is 1.14 bits per heavy atom. The molecule has 0 saturated carbocycles. The molecule has 7 heteroatoms. The molecule has 2 aromatic rings. The Morgan fingerprint density at radius 2 is 1.89 bits per heavy atom. The quantitative estimate of drug-likeness (QED) is 0.646. The Kier molecular flexibility index (Phi) is 5.44. The number of rotatable bonds is 4. The zero-order valence-electron chi connectivity index (χ0n) is 16.2. The summed E-state index contributed by atoms with van der Waals surface area (Å²) in [6, 6.07) is 10.1. The van der Waals surface area contributed by atoms with Crippen LogP contribution in [-0.4, -0.2) is 28.2 Å². The number of hydrogen-bond donors (Lipinski definition) is 1. The zero-order valence-corrected chi connectivity index (χ0v) is 16.2. The lowest BCUT2D eigenvalue weighted by molar-refractivity contribution is -0.385. The van der Waals surface area contributed by atoms with Crippen molar-refractivity contribution in [2.45, 2.75) is 33.7 Å². The number of fused-ring (bicyclic) bond motifs is 1. The average molecular weight is 381 g/mol. The summed E-state index contributed by atoms with van der Waals surface area (Å²) in [6.45, 7) is 6.62. The molecule has 0 spiro atoms. The van der Waals surface area contributed by atoms with Crippen molar-refractivity contribution in [2.75, 3.05) is 11.9 Å². The lowest BCUT2D eigenvalue weighted by Crippen LogP contribution is -2.38. The lowest BCUT2D eigenvalue weighted by atomic mass is 9.98. The van der Waals surface area contributed by atoms with Crippen LogP contribution >= 0.6 is 0 Å². The van der Waals surface area contributed by atoms with Crippen LogP contribution < -0.4 is 5.32 Å². The van der Waals surface area contributed by atoms with Gasteiger partial charge in [-0.3, -0.25) is 19.7 Å². The number of nitro groups is 1. The van der Waals surface area contributed by atoms with Gasteiger partial charge in [0.25, 0.3) is 11.6 Å². The van der Waals surface area contributed by atoms with Crippen molar-refractivity contribution < 1.29 is 14.5 Å². The molecule has 0 aliphatic carbocycles. The summed E-state index contributed by atoms with van der Waals surface area (Å²) in [5.41, 5.74) is 3.42. The van der Waals surface area contributed by atoms with Gasteiger partial charge >= 0.3 is 0 Å². The Bertz CT molecular complexity index is 953. The normalized spacial score (nSPS) is 13.2. The van der Waals surface area contributed by atoms with Gasteiger partial charge in [0.05, 0.1) is 4.92 Å². The highest BCUT2D eigenvalue weighted by molar-refractivity contribution is 6.04. The number of benzene rings is 2. The first kappa shape index (κ1) is 19.5. The van der Waals surface area contributed by atoms with E-state index in [1.54, 1.807) is 19.1 Å². The summed E-state index contributed by atoms with van der Waals surface area (Å²) >= 11 is 0. The van der Waals surface area contributed by atoms with Crippen LogP contribution in [0.15, 0.2) is 36.4 Å². The summed E-state index contributed by atoms with van der Waals surface area (Å²) in [4.78, 5) is 37.2. The second-order valence-corrected chi connectivity index (χ2v) is 7.36. The molecule has 146 valence electrons. The SMILES string of the molecule is Cc1ccc(C(=O)Nc2ccc3c(c2)CN(C(=O)C(C)C)CC3)cc1[N+](=O)[O-]. The van der Waals surface area contributed by atoms with Crippen LogP contribution in [0.1, 0.15) is 40.9 Å². The molecule has 1 heterocycles. The molecule has 28 heavy (non-hydrogen) atoms. The van der Waals surface area contributed by atoms with Crippen molar-refractivity contribution in [1.82, 2.24) is 4.90 Å². The van der Waals surface area contributed by atoms with Gasteiger partial charge in [0.2, 0.25) is 5.91 Å². The minimum atomic E-state index is -0.495. The van der Waals surface area contributed by atoms with Crippen molar-refractivity contribution in [2.24, 2.45) is 5.92 Å². The Hall–Kier alpha value is -3.22. The lowest BCUT2D eigenvalue weighted by Gasteiger charge is -2.30. The minimum Gasteiger partial charge on any atom is -0.338 e. The molecule has 0 radical (unpaired) electrons. The molecule has 1 N–H and O–H groups in total. The number of aryl methyl sites for hydroxylation is 1. The topological polar surface area (TPSA) is 92.6 Å². The van der Waals surface area contributed by atoms with E-state index in [0.717, 1.165) is 17.5 Å². The van der Waals surface area contributed by atoms with E-state index in [4.69, 9.17) is 0 Å². The second kappa shape index (κ2) is 7.80. The summed E-state index contributed by atoms with van der Waals surface area (Å²) in [5.74, 6) is -0.345. The van der Waals surface area contributed by atoms with Crippen LogP contribution in [0.5, 0.6) is 0 Å². The van der Waals surface area contributed by atoms with Gasteiger partial charge in [-0.1, -0.05) is 26.0 Å². The van der Waals surface area contributed by atoms with Gasteiger partial charge in [0.1, 0.15) is 0 Å². The number of nitrogens with zero attached hydrogens (tertiary/aromatic N) is 2. The highest BCUT2D eigenvalue weighted by atomic mass is 16.6. The highest BCUT2D eigenvalue weighted by Crippen LogP contribution is 2.25. The van der Waals surface area contributed by atoms with E-state index >= 15 is 0 Å². The molecule has 2 amide bonds. The monoisotopic (exact) mass is 381 g/mol. The van der Waals surface area contributed by atoms with Gasteiger partial charge in [-0.15, -0.1) is 0 Å². The third-order valence-electron chi connectivity index (χ3n) is 4.95. The molecule has 7 nitrogen and oxygen atoms in total. The van der Waals surface area contributed by atoms with Crippen LogP contribution in [0.3, 0.4) is 0 Å². The maximum Gasteiger partial charge on any atom is 0.273 e. The summed E-state index contributed by atoms with van der Waals surface area (Å²) in [7, 11) is 0. The third kappa shape index (κ3) is 4.03. The smallest absolute Gasteiger partial charge is 0.273 e. The van der Waals surface area contributed by atoms with E-state index in [1.165, 1.54) is 6.07 Å². The molecule has 0 bridgehead atoms. The van der Waals surface area contributed by atoms with E-state index in [0.29, 0.717) is 24.3 Å². The van der Waals surface area contributed by atoms with Gasteiger partial charge in [-0.2, -0.15) is 0 Å². The van der Waals surface area contributed by atoms with Crippen molar-refractivity contribution >= 4 is 23.2 Å². The van der Waals surface area contributed by atoms with Crippen LogP contribution in [0.25, 0.3) is 0 Å². The standard InChI is InChI=1S/C21H23N3O4/c1-13(2)21(26)23-9-8-15-6-7-18(10-17(15)12-23)22-20(25)16-5-4-14(3)19(11-16)24(27)28/h4-7,10-11,13H,8-9,12H2,1-3H3,(H,22,25). The maximum atomic E-state index is 12.5. The Balaban J connectivity index is 1.78. The first-order valence-electron chi connectivity index (χ1n) is 9.23. The molecule has 2 aromatic carbocycles. The van der Waals surface area contributed by atoms with Crippen LogP contribution in [0, 0.1) is 23.0 Å². The van der Waals surface area contributed by atoms with Crippen molar-refractivity contribution in [1.29, 1.82) is 0 Å². The fourth-order valence-electron chi connectivity index (χ4n) is 3.34. The number of nitrogens with one attached hydrogen (secondary N) is 1. The second-order valence-electron chi connectivity index (χ2n) is 7.36. The summed E-state index contributed by atoms with van der Waals surface area (Å²) in [5, 5.41) is 13.9. The average Bonchev–Trinajstić information content (AvgIpc) is 2.66. The molecule has 0 saturated heterocycles. The summed E-state index contributed by atoms with van der Waals surface area (Å²) in [6.07, 6.45) is 0.784. The molecule has 0 atom stereocenters. The first-order valence-corrected chi connectivity index (χ1v) is 9.23. The van der Waals surface area contributed by atoms with Gasteiger partial charge in [-0.05, 0) is 42.7 Å². The van der Waals surface area contributed by atoms with Gasteiger partial charge in [0.15, 0.2) is 0 Å². The fourth-order valence-corrected chi connectivity index (χ4v) is 3.34. The number of carbonyl (C=O) groups excluding carboxylic acids is 2. The largest absolute Gasteiger partial charge is 0.338 e. The third-order valence-corrected chi connectivity index (χ3v) is 4.95. The number of hydrogen-bond acceptors (Lipinski definition) is 4. The molecular formula is C21H23N3O4. The zero-order chi connectivity index (χ0) is 20.4. The van der Waals surface area contributed by atoms with E-state index in [1.807, 2.05) is 36.9 Å². The van der Waals surface area contributed by atoms with Crippen LogP contribution in [-0.2, 0) is 17.8 Å². The molecule has 0 aromatic heterocycles. The van der Waals surface area contributed by atoms with Crippen LogP contribution in [0.4, 0.5) is 11.4 Å². The molecule has 1 aliphatic heterocycles. The van der Waals surface area contributed by atoms with Crippen molar-refractivity contribution in [3.8, 4) is 0 Å². The van der Waals surface area contributed by atoms with E-state index in [-0.39, 0.29) is 23.1 Å². The predicted molar refractivity (Wildman–Crippen MR) is 106 cm³/mol. The van der Waals surface area contributed by atoms with Crippen molar-refractivity contribution in [3.05, 3.63) is 68.8 Å². The number of nitro benzene ring substituents is 1. The van der Waals surface area contributed by atoms with E-state index in [2.05, 4.69) is 5.32 Å². The maximum absolute atomic E-state index is 12.5. The highest BCUT2D eigenvalue weighted by Gasteiger charge is 2.23. The summed E-state index contributed by atoms with van der Waals surface area (Å²) < 4.78 is 0. The van der Waals surface area contributed by atoms with Gasteiger partial charge in [-0.25, -0.2) is 0 Å². The van der Waals surface area contributed by atoms with E-state index in [9.17, 15) is 19.7 Å². The van der Waals surface area contributed by atoms with Gasteiger partial charge in [0, 0.05) is 41.9 Å². The van der Waals surface area contributed by atoms with E-state index < -0.39 is 10.8 Å². The van der Waals surface area contributed by atoms with Crippen LogP contribution in [0.2, 0.25) is 0 Å². The molecule has 3 rings (SSSR count). The number of anilines is 1. The predicted octanol–water partition coefficient (Wildman–Crippen LogP) is 3.70. The van der Waals surface area contributed by atoms with Gasteiger partial charge < -0.3 is 10.2 Å². The van der Waals surface area contributed by atoms with Crippen molar-refractivity contribution in [3.63, 3.8) is 0 Å². The molecule has 0 unspecified atom stereocenters. The minimum absolute atomic E-state index is 0.0539.